The SMILES string of the molecule is Cc1ccc(OCc2cccc(F)c2Br)c(CCN)n1. The monoisotopic (exact) mass is 338 g/mol. The maximum atomic E-state index is 13.4. The van der Waals surface area contributed by atoms with E-state index in [2.05, 4.69) is 20.9 Å². The van der Waals surface area contributed by atoms with E-state index in [9.17, 15) is 4.39 Å². The lowest BCUT2D eigenvalue weighted by molar-refractivity contribution is 0.299. The highest BCUT2D eigenvalue weighted by Gasteiger charge is 2.09. The van der Waals surface area contributed by atoms with Crippen molar-refractivity contribution in [3.05, 3.63) is 57.6 Å². The van der Waals surface area contributed by atoms with E-state index < -0.39 is 0 Å². The molecular formula is C15H16BrFN2O. The normalized spacial score (nSPS) is 10.6. The van der Waals surface area contributed by atoms with Crippen LogP contribution in [-0.2, 0) is 13.0 Å². The van der Waals surface area contributed by atoms with E-state index in [1.807, 2.05) is 25.1 Å². The van der Waals surface area contributed by atoms with Gasteiger partial charge in [0.25, 0.3) is 0 Å². The highest BCUT2D eigenvalue weighted by Crippen LogP contribution is 2.24. The number of hydrogen-bond acceptors (Lipinski definition) is 3. The lowest BCUT2D eigenvalue weighted by Crippen LogP contribution is -2.08. The second-order valence-electron chi connectivity index (χ2n) is 4.44. The Morgan fingerprint density at radius 3 is 2.85 bits per heavy atom. The quantitative estimate of drug-likeness (QED) is 0.909. The van der Waals surface area contributed by atoms with Crippen LogP contribution in [0.5, 0.6) is 5.75 Å². The third kappa shape index (κ3) is 3.55. The summed E-state index contributed by atoms with van der Waals surface area (Å²) in [7, 11) is 0. The number of nitrogens with zero attached hydrogens (tertiary/aromatic N) is 1. The highest BCUT2D eigenvalue weighted by molar-refractivity contribution is 9.10. The van der Waals surface area contributed by atoms with Crippen molar-refractivity contribution >= 4 is 15.9 Å². The molecule has 2 rings (SSSR count). The fourth-order valence-corrected chi connectivity index (χ4v) is 2.24. The Balaban J connectivity index is 2.16. The van der Waals surface area contributed by atoms with Crippen LogP contribution in [0.15, 0.2) is 34.8 Å². The molecule has 1 heterocycles. The van der Waals surface area contributed by atoms with Crippen LogP contribution in [0.4, 0.5) is 4.39 Å². The number of aromatic nitrogens is 1. The van der Waals surface area contributed by atoms with Gasteiger partial charge >= 0.3 is 0 Å². The first-order valence-corrected chi connectivity index (χ1v) is 7.13. The minimum absolute atomic E-state index is 0.278. The number of rotatable bonds is 5. The number of nitrogens with two attached hydrogens (primary N) is 1. The fraction of sp³-hybridized carbons (Fsp3) is 0.267. The Bertz CT molecular complexity index is 604. The second-order valence-corrected chi connectivity index (χ2v) is 5.23. The van der Waals surface area contributed by atoms with Crippen molar-refractivity contribution in [2.24, 2.45) is 5.73 Å². The van der Waals surface area contributed by atoms with Crippen LogP contribution in [-0.4, -0.2) is 11.5 Å². The molecule has 0 saturated carbocycles. The van der Waals surface area contributed by atoms with Crippen molar-refractivity contribution in [2.45, 2.75) is 20.0 Å². The average molecular weight is 339 g/mol. The Morgan fingerprint density at radius 1 is 1.30 bits per heavy atom. The first kappa shape index (κ1) is 14.9. The van der Waals surface area contributed by atoms with Crippen molar-refractivity contribution in [3.8, 4) is 5.75 Å². The van der Waals surface area contributed by atoms with E-state index in [0.717, 1.165) is 17.0 Å². The number of halogens is 2. The third-order valence-electron chi connectivity index (χ3n) is 2.87. The van der Waals surface area contributed by atoms with Crippen molar-refractivity contribution in [3.63, 3.8) is 0 Å². The summed E-state index contributed by atoms with van der Waals surface area (Å²) in [5.41, 5.74) is 8.09. The van der Waals surface area contributed by atoms with Gasteiger partial charge in [0.15, 0.2) is 0 Å². The van der Waals surface area contributed by atoms with Gasteiger partial charge in [-0.3, -0.25) is 4.98 Å². The number of ether oxygens (including phenoxy) is 1. The van der Waals surface area contributed by atoms with Crippen LogP contribution >= 0.6 is 15.9 Å². The molecule has 3 nitrogen and oxygen atoms in total. The smallest absolute Gasteiger partial charge is 0.141 e. The molecule has 0 amide bonds. The molecule has 0 spiro atoms. The molecule has 2 aromatic rings. The van der Waals surface area contributed by atoms with E-state index in [0.29, 0.717) is 23.2 Å². The van der Waals surface area contributed by atoms with Crippen LogP contribution in [0.25, 0.3) is 0 Å². The number of pyridine rings is 1. The Hall–Kier alpha value is -1.46. The van der Waals surface area contributed by atoms with Crippen molar-refractivity contribution in [2.75, 3.05) is 6.54 Å². The maximum absolute atomic E-state index is 13.4. The van der Waals surface area contributed by atoms with Gasteiger partial charge in [-0.05, 0) is 47.6 Å². The topological polar surface area (TPSA) is 48.1 Å². The molecule has 1 aromatic heterocycles. The largest absolute Gasteiger partial charge is 0.487 e. The van der Waals surface area contributed by atoms with Crippen LogP contribution < -0.4 is 10.5 Å². The maximum Gasteiger partial charge on any atom is 0.141 e. The molecule has 20 heavy (non-hydrogen) atoms. The average Bonchev–Trinajstić information content (AvgIpc) is 2.42. The summed E-state index contributed by atoms with van der Waals surface area (Å²) in [6, 6.07) is 8.64. The van der Waals surface area contributed by atoms with Crippen LogP contribution in [0.1, 0.15) is 17.0 Å². The van der Waals surface area contributed by atoms with Crippen molar-refractivity contribution in [1.29, 1.82) is 0 Å². The first-order chi connectivity index (χ1) is 9.61. The molecule has 0 aliphatic heterocycles. The summed E-state index contributed by atoms with van der Waals surface area (Å²) >= 11 is 3.22. The Labute approximate surface area is 126 Å². The van der Waals surface area contributed by atoms with Gasteiger partial charge in [0.2, 0.25) is 0 Å². The molecule has 2 N–H and O–H groups in total. The zero-order valence-corrected chi connectivity index (χ0v) is 12.8. The number of hydrogen-bond donors (Lipinski definition) is 1. The Kier molecular flexibility index (Phi) is 5.09. The molecule has 0 radical (unpaired) electrons. The Morgan fingerprint density at radius 2 is 2.10 bits per heavy atom. The molecule has 5 heteroatoms. The van der Waals surface area contributed by atoms with Crippen LogP contribution in [0, 0.1) is 12.7 Å². The second kappa shape index (κ2) is 6.81. The van der Waals surface area contributed by atoms with Crippen LogP contribution in [0.2, 0.25) is 0 Å². The molecular weight excluding hydrogens is 323 g/mol. The van der Waals surface area contributed by atoms with Gasteiger partial charge in [0, 0.05) is 17.7 Å². The zero-order valence-electron chi connectivity index (χ0n) is 11.2. The molecule has 1 aromatic carbocycles. The van der Waals surface area contributed by atoms with Gasteiger partial charge in [-0.2, -0.15) is 0 Å². The molecule has 0 aliphatic rings. The molecule has 0 saturated heterocycles. The molecule has 0 atom stereocenters. The van der Waals surface area contributed by atoms with Crippen LogP contribution in [0.3, 0.4) is 0 Å². The van der Waals surface area contributed by atoms with Gasteiger partial charge < -0.3 is 10.5 Å². The van der Waals surface area contributed by atoms with E-state index in [1.165, 1.54) is 6.07 Å². The van der Waals surface area contributed by atoms with E-state index in [1.54, 1.807) is 6.07 Å². The number of aryl methyl sites for hydroxylation is 1. The van der Waals surface area contributed by atoms with Gasteiger partial charge in [-0.15, -0.1) is 0 Å². The van der Waals surface area contributed by atoms with Gasteiger partial charge in [-0.1, -0.05) is 12.1 Å². The lowest BCUT2D eigenvalue weighted by Gasteiger charge is -2.12. The minimum atomic E-state index is -0.296. The fourth-order valence-electron chi connectivity index (χ4n) is 1.86. The lowest BCUT2D eigenvalue weighted by atomic mass is 10.2. The summed E-state index contributed by atoms with van der Waals surface area (Å²) in [6.07, 6.45) is 0.654. The van der Waals surface area contributed by atoms with E-state index in [-0.39, 0.29) is 12.4 Å². The number of benzene rings is 1. The first-order valence-electron chi connectivity index (χ1n) is 6.34. The molecule has 0 bridgehead atoms. The summed E-state index contributed by atoms with van der Waals surface area (Å²) in [5.74, 6) is 0.396. The summed E-state index contributed by atoms with van der Waals surface area (Å²) < 4.78 is 19.6. The van der Waals surface area contributed by atoms with Gasteiger partial charge in [0.05, 0.1) is 10.2 Å². The zero-order chi connectivity index (χ0) is 14.5. The molecule has 106 valence electrons. The third-order valence-corrected chi connectivity index (χ3v) is 3.76. The molecule has 0 fully saturated rings. The summed E-state index contributed by atoms with van der Waals surface area (Å²) in [6.45, 7) is 2.71. The highest BCUT2D eigenvalue weighted by atomic mass is 79.9. The predicted molar refractivity (Wildman–Crippen MR) is 80.2 cm³/mol. The molecule has 0 unspecified atom stereocenters. The van der Waals surface area contributed by atoms with Crippen molar-refractivity contribution in [1.82, 2.24) is 4.98 Å². The predicted octanol–water partition coefficient (Wildman–Crippen LogP) is 3.37. The molecule has 0 aliphatic carbocycles. The van der Waals surface area contributed by atoms with Gasteiger partial charge in [-0.25, -0.2) is 4.39 Å². The van der Waals surface area contributed by atoms with E-state index >= 15 is 0 Å². The summed E-state index contributed by atoms with van der Waals surface area (Å²) in [4.78, 5) is 4.42. The standard InChI is InChI=1S/C15H16BrFN2O/c1-10-5-6-14(13(19-10)7-8-18)20-9-11-3-2-4-12(17)15(11)16/h2-6H,7-9,18H2,1H3. The van der Waals surface area contributed by atoms with Gasteiger partial charge in [0.1, 0.15) is 18.2 Å². The summed E-state index contributed by atoms with van der Waals surface area (Å²) in [5, 5.41) is 0. The minimum Gasteiger partial charge on any atom is -0.487 e. The van der Waals surface area contributed by atoms with E-state index in [4.69, 9.17) is 10.5 Å². The van der Waals surface area contributed by atoms with Crippen molar-refractivity contribution < 1.29 is 9.13 Å².